The first kappa shape index (κ1) is 14.4. The van der Waals surface area contributed by atoms with Gasteiger partial charge in [-0.05, 0) is 37.4 Å². The monoisotopic (exact) mass is 262 g/mol. The number of nitrogens with zero attached hydrogens (tertiary/aromatic N) is 1. The second-order valence-electron chi connectivity index (χ2n) is 6.03. The Bertz CT molecular complexity index is 438. The zero-order chi connectivity index (χ0) is 14.0. The molecule has 3 nitrogen and oxygen atoms in total. The van der Waals surface area contributed by atoms with Crippen molar-refractivity contribution < 1.29 is 5.11 Å². The minimum Gasteiger partial charge on any atom is -0.394 e. The summed E-state index contributed by atoms with van der Waals surface area (Å²) in [6, 6.07) is 6.55. The number of likely N-dealkylation sites (N-methyl/N-ethyl adjacent to an activating group) is 1. The molecule has 1 heterocycles. The molecular formula is C16H26N2O. The summed E-state index contributed by atoms with van der Waals surface area (Å²) in [4.78, 5) is 2.43. The second-order valence-corrected chi connectivity index (χ2v) is 6.03. The van der Waals surface area contributed by atoms with Crippen molar-refractivity contribution in [2.75, 3.05) is 31.6 Å². The minimum absolute atomic E-state index is 0.142. The van der Waals surface area contributed by atoms with Gasteiger partial charge in [-0.2, -0.15) is 0 Å². The summed E-state index contributed by atoms with van der Waals surface area (Å²) in [5.41, 5.74) is 3.96. The molecule has 1 aromatic carbocycles. The molecule has 0 radical (unpaired) electrons. The zero-order valence-corrected chi connectivity index (χ0v) is 12.5. The average molecular weight is 262 g/mol. The van der Waals surface area contributed by atoms with Gasteiger partial charge in [0.15, 0.2) is 0 Å². The molecule has 0 saturated carbocycles. The van der Waals surface area contributed by atoms with E-state index in [4.69, 9.17) is 0 Å². The molecule has 1 saturated heterocycles. The average Bonchev–Trinajstić information content (AvgIpc) is 2.83. The molecule has 106 valence electrons. The molecule has 1 atom stereocenters. The fourth-order valence-electron chi connectivity index (χ4n) is 3.05. The molecule has 1 fully saturated rings. The van der Waals surface area contributed by atoms with Gasteiger partial charge in [0.2, 0.25) is 0 Å². The van der Waals surface area contributed by atoms with Crippen molar-refractivity contribution in [1.29, 1.82) is 0 Å². The molecular weight excluding hydrogens is 236 g/mol. The summed E-state index contributed by atoms with van der Waals surface area (Å²) < 4.78 is 0. The van der Waals surface area contributed by atoms with Gasteiger partial charge in [0.05, 0.1) is 12.1 Å². The lowest BCUT2D eigenvalue weighted by molar-refractivity contribution is 0.184. The van der Waals surface area contributed by atoms with Gasteiger partial charge in [0, 0.05) is 18.8 Å². The first-order valence-corrected chi connectivity index (χ1v) is 7.17. The quantitative estimate of drug-likeness (QED) is 0.874. The maximum atomic E-state index is 9.64. The molecule has 19 heavy (non-hydrogen) atoms. The molecule has 1 aliphatic heterocycles. The SMILES string of the molecule is CNC1(CO)CCN(c2c(C)cccc2C(C)C)C1. The summed E-state index contributed by atoms with van der Waals surface area (Å²) in [7, 11) is 1.95. The highest BCUT2D eigenvalue weighted by molar-refractivity contribution is 5.61. The fourth-order valence-corrected chi connectivity index (χ4v) is 3.05. The summed E-state index contributed by atoms with van der Waals surface area (Å²) in [5, 5.41) is 12.9. The molecule has 0 bridgehead atoms. The summed E-state index contributed by atoms with van der Waals surface area (Å²) in [6.45, 7) is 8.75. The first-order chi connectivity index (χ1) is 9.03. The molecule has 2 rings (SSSR count). The Labute approximate surface area is 116 Å². The molecule has 1 aliphatic rings. The van der Waals surface area contributed by atoms with Crippen LogP contribution in [0, 0.1) is 6.92 Å². The lowest BCUT2D eigenvalue weighted by atomic mass is 9.97. The number of benzene rings is 1. The third-order valence-electron chi connectivity index (χ3n) is 4.39. The van der Waals surface area contributed by atoms with Crippen molar-refractivity contribution in [2.24, 2.45) is 0 Å². The number of aliphatic hydroxyl groups is 1. The molecule has 0 aliphatic carbocycles. The van der Waals surface area contributed by atoms with Crippen molar-refractivity contribution in [2.45, 2.75) is 38.6 Å². The zero-order valence-electron chi connectivity index (χ0n) is 12.5. The maximum Gasteiger partial charge on any atom is 0.0631 e. The maximum absolute atomic E-state index is 9.64. The van der Waals surface area contributed by atoms with Gasteiger partial charge in [-0.15, -0.1) is 0 Å². The number of hydrogen-bond donors (Lipinski definition) is 2. The predicted octanol–water partition coefficient (Wildman–Crippen LogP) is 2.28. The topological polar surface area (TPSA) is 35.5 Å². The third kappa shape index (κ3) is 2.63. The minimum atomic E-state index is -0.142. The molecule has 0 amide bonds. The van der Waals surface area contributed by atoms with Crippen LogP contribution in [0.1, 0.15) is 37.3 Å². The van der Waals surface area contributed by atoms with Gasteiger partial charge in [0.1, 0.15) is 0 Å². The van der Waals surface area contributed by atoms with E-state index in [-0.39, 0.29) is 12.1 Å². The smallest absolute Gasteiger partial charge is 0.0631 e. The number of nitrogens with one attached hydrogen (secondary N) is 1. The Kier molecular flexibility index (Phi) is 4.16. The van der Waals surface area contributed by atoms with Crippen LogP contribution in [0.25, 0.3) is 0 Å². The van der Waals surface area contributed by atoms with Crippen molar-refractivity contribution in [3.05, 3.63) is 29.3 Å². The predicted molar refractivity (Wildman–Crippen MR) is 81.0 cm³/mol. The van der Waals surface area contributed by atoms with Gasteiger partial charge < -0.3 is 15.3 Å². The van der Waals surface area contributed by atoms with E-state index in [0.717, 1.165) is 19.5 Å². The molecule has 0 spiro atoms. The lowest BCUT2D eigenvalue weighted by Gasteiger charge is -2.30. The summed E-state index contributed by atoms with van der Waals surface area (Å²) in [6.07, 6.45) is 0.992. The number of hydrogen-bond acceptors (Lipinski definition) is 3. The van der Waals surface area contributed by atoms with E-state index in [0.29, 0.717) is 5.92 Å². The lowest BCUT2D eigenvalue weighted by Crippen LogP contribution is -2.48. The molecule has 0 aromatic heterocycles. The summed E-state index contributed by atoms with van der Waals surface area (Å²) in [5.74, 6) is 0.522. The van der Waals surface area contributed by atoms with Crippen LogP contribution in [-0.2, 0) is 0 Å². The third-order valence-corrected chi connectivity index (χ3v) is 4.39. The van der Waals surface area contributed by atoms with Crippen molar-refractivity contribution in [3.63, 3.8) is 0 Å². The van der Waals surface area contributed by atoms with Crippen LogP contribution in [0.4, 0.5) is 5.69 Å². The normalized spacial score (nSPS) is 23.4. The largest absolute Gasteiger partial charge is 0.394 e. The van der Waals surface area contributed by atoms with Crippen LogP contribution in [0.5, 0.6) is 0 Å². The second kappa shape index (κ2) is 5.51. The van der Waals surface area contributed by atoms with Crippen LogP contribution in [-0.4, -0.2) is 37.4 Å². The van der Waals surface area contributed by atoms with E-state index < -0.39 is 0 Å². The highest BCUT2D eigenvalue weighted by atomic mass is 16.3. The van der Waals surface area contributed by atoms with E-state index in [1.807, 2.05) is 7.05 Å². The number of anilines is 1. The van der Waals surface area contributed by atoms with Crippen LogP contribution in [0.15, 0.2) is 18.2 Å². The Morgan fingerprint density at radius 1 is 1.42 bits per heavy atom. The van der Waals surface area contributed by atoms with E-state index in [1.165, 1.54) is 16.8 Å². The van der Waals surface area contributed by atoms with Crippen molar-refractivity contribution >= 4 is 5.69 Å². The fraction of sp³-hybridized carbons (Fsp3) is 0.625. The van der Waals surface area contributed by atoms with Crippen LogP contribution >= 0.6 is 0 Å². The van der Waals surface area contributed by atoms with Crippen LogP contribution in [0.3, 0.4) is 0 Å². The molecule has 3 heteroatoms. The van der Waals surface area contributed by atoms with E-state index in [9.17, 15) is 5.11 Å². The van der Waals surface area contributed by atoms with E-state index in [1.54, 1.807) is 0 Å². The van der Waals surface area contributed by atoms with Gasteiger partial charge in [-0.1, -0.05) is 32.0 Å². The Morgan fingerprint density at radius 3 is 2.68 bits per heavy atom. The van der Waals surface area contributed by atoms with Gasteiger partial charge in [0.25, 0.3) is 0 Å². The standard InChI is InChI=1S/C16H26N2O/c1-12(2)14-7-5-6-13(3)15(14)18-9-8-16(10-18,11-19)17-4/h5-7,12,17,19H,8-11H2,1-4H3. The van der Waals surface area contributed by atoms with E-state index >= 15 is 0 Å². The van der Waals surface area contributed by atoms with Gasteiger partial charge in [-0.3, -0.25) is 0 Å². The highest BCUT2D eigenvalue weighted by Gasteiger charge is 2.37. The van der Waals surface area contributed by atoms with E-state index in [2.05, 4.69) is 49.2 Å². The van der Waals surface area contributed by atoms with Crippen LogP contribution in [0.2, 0.25) is 0 Å². The number of aliphatic hydroxyl groups excluding tert-OH is 1. The summed E-state index contributed by atoms with van der Waals surface area (Å²) >= 11 is 0. The van der Waals surface area contributed by atoms with Gasteiger partial charge in [-0.25, -0.2) is 0 Å². The number of rotatable bonds is 4. The molecule has 1 aromatic rings. The van der Waals surface area contributed by atoms with Gasteiger partial charge >= 0.3 is 0 Å². The Balaban J connectivity index is 2.34. The Hall–Kier alpha value is -1.06. The first-order valence-electron chi connectivity index (χ1n) is 7.17. The molecule has 2 N–H and O–H groups in total. The van der Waals surface area contributed by atoms with Crippen LogP contribution < -0.4 is 10.2 Å². The Morgan fingerprint density at radius 2 is 2.16 bits per heavy atom. The number of aryl methyl sites for hydroxylation is 1. The van der Waals surface area contributed by atoms with Crippen molar-refractivity contribution in [3.8, 4) is 0 Å². The van der Waals surface area contributed by atoms with Crippen molar-refractivity contribution in [1.82, 2.24) is 5.32 Å². The number of para-hydroxylation sites is 1. The highest BCUT2D eigenvalue weighted by Crippen LogP contribution is 2.35. The molecule has 1 unspecified atom stereocenters.